The second-order valence-electron chi connectivity index (χ2n) is 8.26. The van der Waals surface area contributed by atoms with Gasteiger partial charge in [0.15, 0.2) is 5.03 Å². The summed E-state index contributed by atoms with van der Waals surface area (Å²) in [6.07, 6.45) is 2.60. The van der Waals surface area contributed by atoms with Crippen LogP contribution in [0.1, 0.15) is 29.5 Å². The van der Waals surface area contributed by atoms with Crippen LogP contribution < -0.4 is 4.31 Å². The molecule has 2 aromatic carbocycles. The van der Waals surface area contributed by atoms with Gasteiger partial charge in [0.1, 0.15) is 5.60 Å². The van der Waals surface area contributed by atoms with Crippen LogP contribution in [0.25, 0.3) is 0 Å². The molecule has 1 atom stereocenters. The predicted octanol–water partition coefficient (Wildman–Crippen LogP) is 2.65. The van der Waals surface area contributed by atoms with Gasteiger partial charge in [-0.05, 0) is 45.1 Å². The van der Waals surface area contributed by atoms with E-state index in [0.717, 1.165) is 12.1 Å². The molecule has 0 amide bonds. The summed E-state index contributed by atoms with van der Waals surface area (Å²) in [7, 11) is 1.56. The first-order chi connectivity index (χ1) is 14.7. The third-order valence-corrected chi connectivity index (χ3v) is 7.69. The Balaban J connectivity index is 1.90. The zero-order chi connectivity index (χ0) is 22.2. The van der Waals surface area contributed by atoms with Gasteiger partial charge in [-0.1, -0.05) is 48.5 Å². The van der Waals surface area contributed by atoms with Gasteiger partial charge in [-0.15, -0.1) is 0 Å². The van der Waals surface area contributed by atoms with E-state index in [4.69, 9.17) is 0 Å². The van der Waals surface area contributed by atoms with Gasteiger partial charge in [0, 0.05) is 18.2 Å². The van der Waals surface area contributed by atoms with Crippen molar-refractivity contribution in [1.29, 1.82) is 0 Å². The Morgan fingerprint density at radius 1 is 1.03 bits per heavy atom. The van der Waals surface area contributed by atoms with E-state index in [1.54, 1.807) is 18.2 Å². The van der Waals surface area contributed by atoms with Crippen LogP contribution in [-0.4, -0.2) is 55.9 Å². The number of para-hydroxylation sites is 1. The summed E-state index contributed by atoms with van der Waals surface area (Å²) < 4.78 is 30.1. The van der Waals surface area contributed by atoms with Crippen molar-refractivity contribution in [3.8, 4) is 0 Å². The first-order valence-corrected chi connectivity index (χ1v) is 11.7. The first-order valence-electron chi connectivity index (χ1n) is 10.3. The fraction of sp³-hybridized carbons (Fsp3) is 0.348. The largest absolute Gasteiger partial charge is 0.380 e. The molecular formula is C23H28N4O3S. The van der Waals surface area contributed by atoms with Crippen LogP contribution >= 0.6 is 0 Å². The van der Waals surface area contributed by atoms with E-state index in [-0.39, 0.29) is 5.03 Å². The normalized spacial score (nSPS) is 19.7. The van der Waals surface area contributed by atoms with E-state index in [1.165, 1.54) is 22.2 Å². The molecule has 1 aliphatic rings. The Bertz CT molecular complexity index is 1170. The van der Waals surface area contributed by atoms with Gasteiger partial charge in [0.05, 0.1) is 18.4 Å². The van der Waals surface area contributed by atoms with E-state index >= 15 is 0 Å². The third kappa shape index (κ3) is 3.75. The lowest BCUT2D eigenvalue weighted by Crippen LogP contribution is -2.29. The lowest BCUT2D eigenvalue weighted by molar-refractivity contribution is 0.0643. The highest BCUT2D eigenvalue weighted by molar-refractivity contribution is 7.92. The van der Waals surface area contributed by atoms with Gasteiger partial charge < -0.3 is 10.0 Å². The van der Waals surface area contributed by atoms with Gasteiger partial charge in [0.25, 0.3) is 10.0 Å². The molecule has 0 aliphatic carbocycles. The first kappa shape index (κ1) is 21.5. The molecule has 1 aliphatic heterocycles. The highest BCUT2D eigenvalue weighted by Crippen LogP contribution is 2.46. The van der Waals surface area contributed by atoms with E-state index in [2.05, 4.69) is 10.00 Å². The SMILES string of the molecule is CN(C)CCCC1(O)c2ccccc2N(C)S(=O)(=O)c2c1cnn2Cc1ccccc1. The average Bonchev–Trinajstić information content (AvgIpc) is 3.16. The van der Waals surface area contributed by atoms with Crippen LogP contribution in [0.15, 0.2) is 65.8 Å². The summed E-state index contributed by atoms with van der Waals surface area (Å²) in [4.78, 5) is 2.05. The molecular weight excluding hydrogens is 412 g/mol. The van der Waals surface area contributed by atoms with Crippen molar-refractivity contribution < 1.29 is 13.5 Å². The summed E-state index contributed by atoms with van der Waals surface area (Å²) in [6.45, 7) is 1.08. The second kappa shape index (κ2) is 8.11. The van der Waals surface area contributed by atoms with Gasteiger partial charge in [-0.2, -0.15) is 13.5 Å². The molecule has 0 saturated heterocycles. The second-order valence-corrected chi connectivity index (χ2v) is 10.1. The van der Waals surface area contributed by atoms with E-state index < -0.39 is 15.6 Å². The van der Waals surface area contributed by atoms with Crippen LogP contribution in [-0.2, 0) is 22.2 Å². The van der Waals surface area contributed by atoms with Gasteiger partial charge in [-0.25, -0.2) is 4.68 Å². The smallest absolute Gasteiger partial charge is 0.281 e. The number of hydrogen-bond acceptors (Lipinski definition) is 5. The molecule has 2 heterocycles. The standard InChI is InChI=1S/C23H28N4O3S/c1-25(2)15-9-14-23(28)19-12-7-8-13-21(19)26(3)31(29,30)22-20(23)16-24-27(22)17-18-10-5-4-6-11-18/h4-8,10-13,16,28H,9,14-15,17H2,1-3H3. The monoisotopic (exact) mass is 440 g/mol. The number of rotatable bonds is 6. The van der Waals surface area contributed by atoms with Crippen molar-refractivity contribution >= 4 is 15.7 Å². The Hall–Kier alpha value is -2.68. The maximum absolute atomic E-state index is 13.7. The molecule has 1 unspecified atom stereocenters. The quantitative estimate of drug-likeness (QED) is 0.638. The Morgan fingerprint density at radius 3 is 2.42 bits per heavy atom. The maximum atomic E-state index is 13.7. The highest BCUT2D eigenvalue weighted by Gasteiger charge is 2.46. The third-order valence-electron chi connectivity index (χ3n) is 5.85. The summed E-state index contributed by atoms with van der Waals surface area (Å²) in [5, 5.41) is 16.5. The molecule has 164 valence electrons. The minimum absolute atomic E-state index is 0.0439. The molecule has 0 spiro atoms. The molecule has 1 N–H and O–H groups in total. The van der Waals surface area contributed by atoms with Crippen LogP contribution in [0.4, 0.5) is 5.69 Å². The molecule has 1 aromatic heterocycles. The van der Waals surface area contributed by atoms with E-state index in [0.29, 0.717) is 36.2 Å². The molecule has 0 saturated carbocycles. The van der Waals surface area contributed by atoms with Crippen molar-refractivity contribution in [1.82, 2.24) is 14.7 Å². The summed E-state index contributed by atoms with van der Waals surface area (Å²) in [5.74, 6) is 0. The highest BCUT2D eigenvalue weighted by atomic mass is 32.2. The minimum Gasteiger partial charge on any atom is -0.380 e. The molecule has 31 heavy (non-hydrogen) atoms. The van der Waals surface area contributed by atoms with Crippen LogP contribution in [0.2, 0.25) is 0 Å². The number of hydrogen-bond donors (Lipinski definition) is 1. The minimum atomic E-state index is -3.93. The number of aliphatic hydroxyl groups is 1. The number of sulfonamides is 1. The maximum Gasteiger partial charge on any atom is 0.281 e. The topological polar surface area (TPSA) is 78.7 Å². The summed E-state index contributed by atoms with van der Waals surface area (Å²) in [5.41, 5.74) is 0.868. The van der Waals surface area contributed by atoms with Gasteiger partial charge in [0.2, 0.25) is 0 Å². The molecule has 8 heteroatoms. The van der Waals surface area contributed by atoms with Gasteiger partial charge >= 0.3 is 0 Å². The van der Waals surface area contributed by atoms with Crippen LogP contribution in [0, 0.1) is 0 Å². The molecule has 4 rings (SSSR count). The molecule has 0 fully saturated rings. The zero-order valence-electron chi connectivity index (χ0n) is 18.1. The van der Waals surface area contributed by atoms with Crippen molar-refractivity contribution in [2.24, 2.45) is 0 Å². The zero-order valence-corrected chi connectivity index (χ0v) is 18.9. The molecule has 0 radical (unpaired) electrons. The average molecular weight is 441 g/mol. The number of benzene rings is 2. The van der Waals surface area contributed by atoms with Crippen molar-refractivity contribution in [2.45, 2.75) is 30.0 Å². The Labute approximate surface area is 183 Å². The number of nitrogens with zero attached hydrogens (tertiary/aromatic N) is 4. The molecule has 7 nitrogen and oxygen atoms in total. The van der Waals surface area contributed by atoms with Crippen molar-refractivity contribution in [3.05, 3.63) is 77.5 Å². The van der Waals surface area contributed by atoms with Crippen LogP contribution in [0.3, 0.4) is 0 Å². The predicted molar refractivity (Wildman–Crippen MR) is 121 cm³/mol. The Morgan fingerprint density at radius 2 is 1.71 bits per heavy atom. The van der Waals surface area contributed by atoms with Gasteiger partial charge in [-0.3, -0.25) is 4.31 Å². The van der Waals surface area contributed by atoms with Crippen molar-refractivity contribution in [3.63, 3.8) is 0 Å². The number of aromatic nitrogens is 2. The van der Waals surface area contributed by atoms with Crippen molar-refractivity contribution in [2.75, 3.05) is 32.0 Å². The van der Waals surface area contributed by atoms with E-state index in [1.807, 2.05) is 50.5 Å². The summed E-state index contributed by atoms with van der Waals surface area (Å²) in [6, 6.07) is 16.8. The van der Waals surface area contributed by atoms with Crippen LogP contribution in [0.5, 0.6) is 0 Å². The fourth-order valence-corrected chi connectivity index (χ4v) is 5.78. The fourth-order valence-electron chi connectivity index (χ4n) is 4.22. The molecule has 0 bridgehead atoms. The Kier molecular flexibility index (Phi) is 5.63. The summed E-state index contributed by atoms with van der Waals surface area (Å²) >= 11 is 0. The van der Waals surface area contributed by atoms with E-state index in [9.17, 15) is 13.5 Å². The number of anilines is 1. The molecule has 3 aromatic rings. The lowest BCUT2D eigenvalue weighted by atomic mass is 9.83. The lowest BCUT2D eigenvalue weighted by Gasteiger charge is -2.29. The number of fused-ring (bicyclic) bond motifs is 2.